The van der Waals surface area contributed by atoms with E-state index in [1.165, 1.54) is 12.8 Å². The van der Waals surface area contributed by atoms with Gasteiger partial charge in [-0.15, -0.1) is 4.67 Å². The van der Waals surface area contributed by atoms with Gasteiger partial charge in [0.2, 0.25) is 0 Å². The van der Waals surface area contributed by atoms with E-state index in [-0.39, 0.29) is 11.6 Å². The number of hydrogen-bond donors (Lipinski definition) is 0. The maximum atomic E-state index is 12.8. The fourth-order valence-electron chi connectivity index (χ4n) is 3.35. The van der Waals surface area contributed by atoms with Gasteiger partial charge in [-0.05, 0) is 51.4 Å². The average molecular weight is 287 g/mol. The highest BCUT2D eigenvalue weighted by Gasteiger charge is 2.62. The van der Waals surface area contributed by atoms with Crippen molar-refractivity contribution in [2.45, 2.75) is 72.4 Å². The maximum absolute atomic E-state index is 12.8. The molecule has 1 aliphatic heterocycles. The van der Waals surface area contributed by atoms with Gasteiger partial charge in [-0.1, -0.05) is 27.2 Å². The summed E-state index contributed by atoms with van der Waals surface area (Å²) in [7, 11) is -2.49. The molecule has 2 aliphatic rings. The molecule has 112 valence electrons. The van der Waals surface area contributed by atoms with Crippen LogP contribution in [-0.4, -0.2) is 22.6 Å². The predicted octanol–water partition coefficient (Wildman–Crippen LogP) is 3.66. The smallest absolute Gasteiger partial charge is 0.196 e. The quantitative estimate of drug-likeness (QED) is 0.587. The van der Waals surface area contributed by atoms with Gasteiger partial charge in [0.25, 0.3) is 0 Å². The lowest BCUT2D eigenvalue weighted by atomic mass is 9.75. The normalized spacial score (nSPS) is 43.6. The van der Waals surface area contributed by atoms with E-state index in [1.54, 1.807) is 0 Å². The molecule has 1 saturated heterocycles. The summed E-state index contributed by atoms with van der Waals surface area (Å²) in [6.07, 6.45) is 4.42. The molecule has 2 rings (SSSR count). The summed E-state index contributed by atoms with van der Waals surface area (Å²) in [6, 6.07) is 0. The van der Waals surface area contributed by atoms with Crippen LogP contribution in [0.15, 0.2) is 0 Å². The van der Waals surface area contributed by atoms with Crippen molar-refractivity contribution < 1.29 is 9.42 Å². The maximum Gasteiger partial charge on any atom is 0.196 e. The Labute approximate surface area is 119 Å². The van der Waals surface area contributed by atoms with E-state index in [2.05, 4.69) is 41.5 Å². The second-order valence-corrected chi connectivity index (χ2v) is 10.1. The third-order valence-electron chi connectivity index (χ3n) is 4.63. The lowest BCUT2D eigenvalue weighted by molar-refractivity contribution is -0.198. The molecule has 4 heteroatoms. The molecule has 0 N–H and O–H groups in total. The third kappa shape index (κ3) is 3.50. The van der Waals surface area contributed by atoms with Crippen molar-refractivity contribution in [2.75, 3.05) is 6.29 Å². The van der Waals surface area contributed by atoms with Gasteiger partial charge in [0.1, 0.15) is 6.10 Å². The molecule has 1 aliphatic carbocycles. The van der Waals surface area contributed by atoms with Crippen LogP contribution >= 0.6 is 7.87 Å². The van der Waals surface area contributed by atoms with Crippen LogP contribution in [0.3, 0.4) is 0 Å². The van der Waals surface area contributed by atoms with E-state index in [9.17, 15) is 4.89 Å². The number of nitrogens with zero attached hydrogens (tertiary/aromatic N) is 1. The Morgan fingerprint density at radius 2 is 1.89 bits per heavy atom. The Morgan fingerprint density at radius 3 is 2.37 bits per heavy atom. The molecule has 3 nitrogen and oxygen atoms in total. The van der Waals surface area contributed by atoms with Crippen molar-refractivity contribution in [3.8, 4) is 0 Å². The molecule has 1 saturated carbocycles. The summed E-state index contributed by atoms with van der Waals surface area (Å²) in [5, 5.41) is 0. The molecule has 2 fully saturated rings. The van der Waals surface area contributed by atoms with Gasteiger partial charge in [-0.25, -0.2) is 4.52 Å². The summed E-state index contributed by atoms with van der Waals surface area (Å²) in [4.78, 5) is 12.8. The first-order chi connectivity index (χ1) is 8.63. The molecule has 0 spiro atoms. The van der Waals surface area contributed by atoms with Crippen LogP contribution in [0.25, 0.3) is 0 Å². The SMILES string of the molecule is CC1CCC(C(C)C)C(O[P+]2([O-])CN2C(C)(C)C)C1. The highest BCUT2D eigenvalue weighted by molar-refractivity contribution is 7.68. The second kappa shape index (κ2) is 5.26. The number of hydrogen-bond acceptors (Lipinski definition) is 3. The molecule has 5 atom stereocenters. The van der Waals surface area contributed by atoms with Gasteiger partial charge in [0, 0.05) is 0 Å². The van der Waals surface area contributed by atoms with Gasteiger partial charge in [-0.2, -0.15) is 0 Å². The van der Waals surface area contributed by atoms with Crippen LogP contribution in [0.4, 0.5) is 0 Å². The first kappa shape index (κ1) is 15.7. The van der Waals surface area contributed by atoms with Crippen LogP contribution < -0.4 is 4.89 Å². The fourth-order valence-corrected chi connectivity index (χ4v) is 6.12. The van der Waals surface area contributed by atoms with Gasteiger partial charge in [-0.3, -0.25) is 0 Å². The molecule has 19 heavy (non-hydrogen) atoms. The Bertz CT molecular complexity index is 329. The fraction of sp³-hybridized carbons (Fsp3) is 1.00. The molecular weight excluding hydrogens is 257 g/mol. The Hall–Kier alpha value is 0.310. The summed E-state index contributed by atoms with van der Waals surface area (Å²) in [6.45, 7) is 13.2. The van der Waals surface area contributed by atoms with Crippen molar-refractivity contribution in [3.05, 3.63) is 0 Å². The minimum absolute atomic E-state index is 0.0386. The van der Waals surface area contributed by atoms with E-state index in [1.807, 2.05) is 4.67 Å². The van der Waals surface area contributed by atoms with Crippen molar-refractivity contribution >= 4 is 7.87 Å². The van der Waals surface area contributed by atoms with E-state index < -0.39 is 7.87 Å². The van der Waals surface area contributed by atoms with Crippen LogP contribution in [0.2, 0.25) is 0 Å². The zero-order valence-electron chi connectivity index (χ0n) is 13.3. The van der Waals surface area contributed by atoms with E-state index >= 15 is 0 Å². The van der Waals surface area contributed by atoms with Gasteiger partial charge in [0.15, 0.2) is 14.2 Å². The molecule has 0 aromatic rings. The largest absolute Gasteiger partial charge is 0.640 e. The summed E-state index contributed by atoms with van der Waals surface area (Å²) in [5.41, 5.74) is -0.0386. The zero-order chi connectivity index (χ0) is 14.4. The van der Waals surface area contributed by atoms with Crippen molar-refractivity contribution in [3.63, 3.8) is 0 Å². The molecule has 0 radical (unpaired) electrons. The predicted molar refractivity (Wildman–Crippen MR) is 79.6 cm³/mol. The molecule has 0 amide bonds. The van der Waals surface area contributed by atoms with E-state index in [4.69, 9.17) is 4.52 Å². The minimum atomic E-state index is -2.49. The lowest BCUT2D eigenvalue weighted by Crippen LogP contribution is -2.35. The topological polar surface area (TPSA) is 35.3 Å². The van der Waals surface area contributed by atoms with Crippen molar-refractivity contribution in [1.29, 1.82) is 0 Å². The van der Waals surface area contributed by atoms with Crippen molar-refractivity contribution in [2.24, 2.45) is 17.8 Å². The first-order valence-electron chi connectivity index (χ1n) is 7.69. The second-order valence-electron chi connectivity index (χ2n) is 7.82. The summed E-state index contributed by atoms with van der Waals surface area (Å²) >= 11 is 0. The highest BCUT2D eigenvalue weighted by atomic mass is 31.2. The highest BCUT2D eigenvalue weighted by Crippen LogP contribution is 2.74. The molecule has 5 unspecified atom stereocenters. The van der Waals surface area contributed by atoms with E-state index in [0.717, 1.165) is 6.42 Å². The lowest BCUT2D eigenvalue weighted by Gasteiger charge is -2.37. The molecule has 0 aromatic heterocycles. The molecule has 0 bridgehead atoms. The van der Waals surface area contributed by atoms with Gasteiger partial charge < -0.3 is 4.89 Å². The Morgan fingerprint density at radius 1 is 1.26 bits per heavy atom. The Balaban J connectivity index is 2.00. The summed E-state index contributed by atoms with van der Waals surface area (Å²) in [5.74, 6) is 1.89. The molecule has 0 aromatic carbocycles. The average Bonchev–Trinajstić information content (AvgIpc) is 2.89. The monoisotopic (exact) mass is 287 g/mol. The van der Waals surface area contributed by atoms with Crippen LogP contribution in [0, 0.1) is 17.8 Å². The van der Waals surface area contributed by atoms with E-state index in [0.29, 0.717) is 24.0 Å². The van der Waals surface area contributed by atoms with Crippen molar-refractivity contribution in [1.82, 2.24) is 4.67 Å². The number of rotatable bonds is 3. The molecule has 1 heterocycles. The standard InChI is InChI=1S/C15H30NO2P/c1-11(2)13-8-7-12(3)9-14(13)18-19(17)10-16(19)15(4,5)6/h11-14H,7-10H2,1-6H3. The van der Waals surface area contributed by atoms with Gasteiger partial charge in [0.05, 0.1) is 5.54 Å². The van der Waals surface area contributed by atoms with Crippen LogP contribution in [0.5, 0.6) is 0 Å². The van der Waals surface area contributed by atoms with Gasteiger partial charge >= 0.3 is 0 Å². The van der Waals surface area contributed by atoms with Crippen LogP contribution in [-0.2, 0) is 4.52 Å². The zero-order valence-corrected chi connectivity index (χ0v) is 14.2. The minimum Gasteiger partial charge on any atom is -0.640 e. The van der Waals surface area contributed by atoms with Crippen LogP contribution in [0.1, 0.15) is 60.8 Å². The summed E-state index contributed by atoms with van der Waals surface area (Å²) < 4.78 is 8.19. The molecular formula is C15H30NO2P. The first-order valence-corrected chi connectivity index (χ1v) is 9.45. The Kier molecular flexibility index (Phi) is 4.34. The third-order valence-corrected chi connectivity index (χ3v) is 7.02.